The zero-order chi connectivity index (χ0) is 70.8. The molecule has 0 aromatic carbocycles. The van der Waals surface area contributed by atoms with E-state index < -0.39 is 86.8 Å². The first-order chi connectivity index (χ1) is 48.1. The minimum Gasteiger partial charge on any atom is -0.394 e. The number of rotatable bonds is 67. The lowest BCUT2D eigenvalue weighted by Gasteiger charge is -2.46. The van der Waals surface area contributed by atoms with Crippen molar-refractivity contribution < 1.29 is 64.6 Å². The van der Waals surface area contributed by atoms with Crippen molar-refractivity contribution >= 4 is 5.91 Å². The summed E-state index contributed by atoms with van der Waals surface area (Å²) in [5.74, 6) is -0.238. The molecule has 2 rings (SSSR count). The second-order valence-electron chi connectivity index (χ2n) is 28.2. The third-order valence-electron chi connectivity index (χ3n) is 19.3. The molecule has 14 heteroatoms. The van der Waals surface area contributed by atoms with E-state index in [0.717, 1.165) is 83.5 Å². The summed E-state index contributed by atoms with van der Waals surface area (Å²) in [5, 5.41) is 87.7. The van der Waals surface area contributed by atoms with Gasteiger partial charge in [-0.15, -0.1) is 0 Å². The molecule has 1 amide bonds. The molecule has 12 unspecified atom stereocenters. The van der Waals surface area contributed by atoms with Crippen molar-refractivity contribution in [3.63, 3.8) is 0 Å². The summed E-state index contributed by atoms with van der Waals surface area (Å²) >= 11 is 0. The van der Waals surface area contributed by atoms with Crippen molar-refractivity contribution in [3.8, 4) is 0 Å². The van der Waals surface area contributed by atoms with Crippen LogP contribution in [0.5, 0.6) is 0 Å². The Labute approximate surface area is 598 Å². The number of carbonyl (C=O) groups is 1. The van der Waals surface area contributed by atoms with Gasteiger partial charge in [0, 0.05) is 6.42 Å². The molecule has 12 atom stereocenters. The van der Waals surface area contributed by atoms with Gasteiger partial charge in [-0.2, -0.15) is 0 Å². The van der Waals surface area contributed by atoms with Crippen molar-refractivity contribution in [1.82, 2.24) is 5.32 Å². The summed E-state index contributed by atoms with van der Waals surface area (Å²) < 4.78 is 22.9. The maximum absolute atomic E-state index is 13.4. The van der Waals surface area contributed by atoms with Crippen molar-refractivity contribution in [2.45, 2.75) is 408 Å². The monoisotopic (exact) mass is 1380 g/mol. The zero-order valence-electron chi connectivity index (χ0n) is 62.3. The fourth-order valence-corrected chi connectivity index (χ4v) is 12.9. The molecule has 2 heterocycles. The van der Waals surface area contributed by atoms with Crippen LogP contribution in [0.15, 0.2) is 97.2 Å². The van der Waals surface area contributed by atoms with Crippen LogP contribution in [0.4, 0.5) is 0 Å². The highest BCUT2D eigenvalue weighted by Crippen LogP contribution is 2.30. The quantitative estimate of drug-likeness (QED) is 0.0204. The molecule has 0 aliphatic carbocycles. The molecule has 0 aromatic rings. The van der Waals surface area contributed by atoms with Gasteiger partial charge in [0.15, 0.2) is 12.6 Å². The van der Waals surface area contributed by atoms with E-state index >= 15 is 0 Å². The minimum atomic E-state index is -1.79. The van der Waals surface area contributed by atoms with Gasteiger partial charge in [-0.3, -0.25) is 4.79 Å². The minimum absolute atomic E-state index is 0.238. The van der Waals surface area contributed by atoms with Gasteiger partial charge in [-0.1, -0.05) is 349 Å². The molecule has 0 radical (unpaired) electrons. The molecule has 0 bridgehead atoms. The van der Waals surface area contributed by atoms with Gasteiger partial charge >= 0.3 is 0 Å². The molecular formula is C84H149NO13. The lowest BCUT2D eigenvalue weighted by Crippen LogP contribution is -2.65. The van der Waals surface area contributed by atoms with E-state index in [1.54, 1.807) is 6.08 Å². The SMILES string of the molecule is CC/C=C\C/C=C\C/C=C\C/C=C\C/C=C\C/C=C\C/C=C\CCCCCCCCCCCCCCCCCC(=O)NC(COC1OC(CO)C(OC2OC(CO)C(O)C(O)C2O)C(O)C1O)C(O)/C=C/CCCCCCCCCCCCCCCCCCCCCCCCCCC. The number of aliphatic hydroxyl groups excluding tert-OH is 8. The molecule has 2 saturated heterocycles. The fraction of sp³-hybridized carbons (Fsp3) is 0.798. The normalized spacial score (nSPS) is 22.6. The second-order valence-corrected chi connectivity index (χ2v) is 28.2. The van der Waals surface area contributed by atoms with Gasteiger partial charge in [0.25, 0.3) is 0 Å². The van der Waals surface area contributed by atoms with Crippen LogP contribution in [0.25, 0.3) is 0 Å². The Kier molecular flexibility index (Phi) is 62.3. The predicted octanol–water partition coefficient (Wildman–Crippen LogP) is 18.5. The van der Waals surface area contributed by atoms with Crippen LogP contribution < -0.4 is 5.32 Å². The summed E-state index contributed by atoms with van der Waals surface area (Å²) in [6.45, 7) is 2.73. The number of carbonyl (C=O) groups excluding carboxylic acids is 1. The van der Waals surface area contributed by atoms with E-state index in [1.807, 2.05) is 6.08 Å². The van der Waals surface area contributed by atoms with E-state index in [1.165, 1.54) is 225 Å². The third-order valence-corrected chi connectivity index (χ3v) is 19.3. The topological polar surface area (TPSA) is 228 Å². The number of unbranched alkanes of at least 4 members (excludes halogenated alkanes) is 40. The number of ether oxygens (including phenoxy) is 4. The number of hydrogen-bond donors (Lipinski definition) is 9. The number of amides is 1. The number of nitrogens with one attached hydrogen (secondary N) is 1. The van der Waals surface area contributed by atoms with Crippen molar-refractivity contribution in [2.75, 3.05) is 19.8 Å². The van der Waals surface area contributed by atoms with Crippen molar-refractivity contribution in [3.05, 3.63) is 97.2 Å². The molecule has 9 N–H and O–H groups in total. The van der Waals surface area contributed by atoms with Gasteiger partial charge < -0.3 is 65.1 Å². The smallest absolute Gasteiger partial charge is 0.220 e. The molecule has 98 heavy (non-hydrogen) atoms. The Hall–Kier alpha value is -3.09. The molecular weight excluding hydrogens is 1230 g/mol. The van der Waals surface area contributed by atoms with Gasteiger partial charge in [0.2, 0.25) is 5.91 Å². The molecule has 2 aliphatic rings. The number of aliphatic hydroxyl groups is 8. The highest BCUT2D eigenvalue weighted by atomic mass is 16.7. The molecule has 0 saturated carbocycles. The standard InChI is InChI=1S/C84H149NO13/c1-3-5-7-9-11-13-15-17-19-21-23-25-27-29-31-32-33-34-35-36-37-38-39-40-42-44-46-48-50-52-54-56-58-60-62-64-66-68-76(89)85-72(71-95-83-81(94)79(92)82(75(70-87)97-83)98-84-80(93)78(91)77(90)74(69-86)96-84)73(88)67-65-63-61-59-57-55-53-51-49-47-45-43-41-30-28-26-24-22-20-18-16-14-12-10-8-6-4-2/h5,7,11,13,17,19,23,25,29,31,33-34,36-37,65,67,72-75,77-84,86-88,90-94H,3-4,6,8-10,12,14-16,18,20-22,24,26-28,30,32,35,38-64,66,68-71H2,1-2H3,(H,85,89)/b7-5-,13-11-,19-17-,25-23-,31-29-,34-33-,37-36-,67-65+. The maximum Gasteiger partial charge on any atom is 0.220 e. The van der Waals surface area contributed by atoms with E-state index in [9.17, 15) is 45.6 Å². The summed E-state index contributed by atoms with van der Waals surface area (Å²) in [5.41, 5.74) is 0. The lowest BCUT2D eigenvalue weighted by molar-refractivity contribution is -0.359. The average Bonchev–Trinajstić information content (AvgIpc) is 0.793. The first-order valence-corrected chi connectivity index (χ1v) is 40.5. The Bertz CT molecular complexity index is 2020. The van der Waals surface area contributed by atoms with E-state index in [2.05, 4.69) is 104 Å². The van der Waals surface area contributed by atoms with Gasteiger partial charge in [0.1, 0.15) is 48.8 Å². The van der Waals surface area contributed by atoms with E-state index in [-0.39, 0.29) is 18.9 Å². The Morgan fingerprint density at radius 2 is 0.704 bits per heavy atom. The van der Waals surface area contributed by atoms with Crippen molar-refractivity contribution in [1.29, 1.82) is 0 Å². The number of allylic oxidation sites excluding steroid dienone is 15. The Morgan fingerprint density at radius 3 is 1.08 bits per heavy atom. The van der Waals surface area contributed by atoms with E-state index in [0.29, 0.717) is 6.42 Å². The van der Waals surface area contributed by atoms with Crippen LogP contribution in [0.1, 0.15) is 335 Å². The molecule has 0 spiro atoms. The van der Waals surface area contributed by atoms with Crippen LogP contribution in [-0.4, -0.2) is 140 Å². The van der Waals surface area contributed by atoms with Gasteiger partial charge in [-0.25, -0.2) is 0 Å². The van der Waals surface area contributed by atoms with Crippen LogP contribution in [0.2, 0.25) is 0 Å². The summed E-state index contributed by atoms with van der Waals surface area (Å²) in [6.07, 6.45) is 79.1. The molecule has 2 fully saturated rings. The van der Waals surface area contributed by atoms with Crippen LogP contribution in [-0.2, 0) is 23.7 Å². The highest BCUT2D eigenvalue weighted by molar-refractivity contribution is 5.76. The van der Waals surface area contributed by atoms with Crippen molar-refractivity contribution in [2.24, 2.45) is 0 Å². The van der Waals surface area contributed by atoms with Gasteiger partial charge in [-0.05, 0) is 77.0 Å². The lowest BCUT2D eigenvalue weighted by atomic mass is 9.97. The zero-order valence-corrected chi connectivity index (χ0v) is 62.3. The largest absolute Gasteiger partial charge is 0.394 e. The molecule has 0 aromatic heterocycles. The van der Waals surface area contributed by atoms with Crippen LogP contribution >= 0.6 is 0 Å². The van der Waals surface area contributed by atoms with Crippen LogP contribution in [0.3, 0.4) is 0 Å². The van der Waals surface area contributed by atoms with E-state index in [4.69, 9.17) is 18.9 Å². The Morgan fingerprint density at radius 1 is 0.378 bits per heavy atom. The first kappa shape index (κ1) is 91.0. The Balaban J connectivity index is 1.61. The highest BCUT2D eigenvalue weighted by Gasteiger charge is 2.51. The third kappa shape index (κ3) is 49.5. The summed E-state index contributed by atoms with van der Waals surface area (Å²) in [4.78, 5) is 13.4. The molecule has 568 valence electrons. The summed E-state index contributed by atoms with van der Waals surface area (Å²) in [7, 11) is 0. The number of hydrogen-bond acceptors (Lipinski definition) is 13. The molecule has 14 nitrogen and oxygen atoms in total. The second kappa shape index (κ2) is 67.1. The maximum atomic E-state index is 13.4. The first-order valence-electron chi connectivity index (χ1n) is 40.5. The van der Waals surface area contributed by atoms with Crippen LogP contribution in [0, 0.1) is 0 Å². The molecule has 2 aliphatic heterocycles. The predicted molar refractivity (Wildman–Crippen MR) is 406 cm³/mol. The summed E-state index contributed by atoms with van der Waals surface area (Å²) in [6, 6.07) is -0.921. The average molecular weight is 1380 g/mol. The fourth-order valence-electron chi connectivity index (χ4n) is 12.9. The van der Waals surface area contributed by atoms with Gasteiger partial charge in [0.05, 0.1) is 32.0 Å².